The van der Waals surface area contributed by atoms with Gasteiger partial charge in [-0.2, -0.15) is 5.06 Å². The van der Waals surface area contributed by atoms with Gasteiger partial charge in [0.05, 0.1) is 30.4 Å². The van der Waals surface area contributed by atoms with Crippen LogP contribution in [-0.2, 0) is 23.9 Å². The van der Waals surface area contributed by atoms with E-state index in [2.05, 4.69) is 4.74 Å². The van der Waals surface area contributed by atoms with Crippen LogP contribution in [0.25, 0.3) is 0 Å². The van der Waals surface area contributed by atoms with Gasteiger partial charge in [0.25, 0.3) is 17.7 Å². The number of hydrogen-bond acceptors (Lipinski definition) is 8. The summed E-state index contributed by atoms with van der Waals surface area (Å²) in [6, 6.07) is 5.99. The van der Waals surface area contributed by atoms with E-state index in [4.69, 9.17) is 4.74 Å². The van der Waals surface area contributed by atoms with Gasteiger partial charge in [-0.3, -0.25) is 24.5 Å². The van der Waals surface area contributed by atoms with Crippen molar-refractivity contribution in [3.05, 3.63) is 47.2 Å². The maximum atomic E-state index is 12.4. The van der Waals surface area contributed by atoms with Crippen LogP contribution in [0.15, 0.2) is 36.0 Å². The largest absolute Gasteiger partial charge is 0.463 e. The second-order valence-electron chi connectivity index (χ2n) is 5.45. The molecule has 1 heterocycles. The molecular weight excluding hydrogens is 372 g/mol. The molecule has 1 N–H and O–H groups in total. The Kier molecular flexibility index (Phi) is 6.61. The van der Waals surface area contributed by atoms with Crippen LogP contribution in [0.1, 0.15) is 34.6 Å². The number of carbonyl (C=O) groups is 5. The fourth-order valence-electron chi connectivity index (χ4n) is 2.43. The first-order chi connectivity index (χ1) is 13.3. The number of hydrogen-bond donors (Lipinski definition) is 1. The first-order valence-corrected chi connectivity index (χ1v) is 8.34. The summed E-state index contributed by atoms with van der Waals surface area (Å²) in [6.07, 6.45) is 0.585. The highest BCUT2D eigenvalue weighted by Gasteiger charge is 2.38. The van der Waals surface area contributed by atoms with Crippen molar-refractivity contribution in [1.82, 2.24) is 9.96 Å². The SMILES string of the molecule is CCOC(=O)C=C(C(=O)OCC)N(O)C(=O)CN1C(=O)c2ccccc2C1=O. The molecular formula is C18H18N2O8. The van der Waals surface area contributed by atoms with E-state index in [0.29, 0.717) is 11.0 Å². The number of rotatable bonds is 7. The highest BCUT2D eigenvalue weighted by molar-refractivity contribution is 6.22. The molecule has 0 atom stereocenters. The van der Waals surface area contributed by atoms with E-state index < -0.39 is 41.9 Å². The lowest BCUT2D eigenvalue weighted by atomic mass is 10.1. The normalized spacial score (nSPS) is 13.2. The summed E-state index contributed by atoms with van der Waals surface area (Å²) in [5, 5.41) is 9.96. The third-order valence-corrected chi connectivity index (χ3v) is 3.66. The predicted octanol–water partition coefficient (Wildman–Crippen LogP) is 0.511. The van der Waals surface area contributed by atoms with Crippen LogP contribution in [0.3, 0.4) is 0 Å². The number of benzene rings is 1. The Balaban J connectivity index is 2.21. The molecule has 10 heteroatoms. The van der Waals surface area contributed by atoms with Crippen LogP contribution in [-0.4, -0.2) is 64.6 Å². The second kappa shape index (κ2) is 8.91. The lowest BCUT2D eigenvalue weighted by Gasteiger charge is -2.20. The minimum Gasteiger partial charge on any atom is -0.463 e. The highest BCUT2D eigenvalue weighted by atomic mass is 16.6. The Morgan fingerprint density at radius 3 is 2.07 bits per heavy atom. The van der Waals surface area contributed by atoms with Crippen LogP contribution in [0.5, 0.6) is 0 Å². The van der Waals surface area contributed by atoms with E-state index in [-0.39, 0.29) is 29.4 Å². The van der Waals surface area contributed by atoms with E-state index in [1.165, 1.54) is 26.0 Å². The minimum atomic E-state index is -1.20. The maximum Gasteiger partial charge on any atom is 0.357 e. The Hall–Kier alpha value is -3.53. The molecule has 0 saturated carbocycles. The maximum absolute atomic E-state index is 12.4. The lowest BCUT2D eigenvalue weighted by Crippen LogP contribution is -2.42. The van der Waals surface area contributed by atoms with Crippen molar-refractivity contribution in [1.29, 1.82) is 0 Å². The number of ether oxygens (including phenoxy) is 2. The smallest absolute Gasteiger partial charge is 0.357 e. The fraction of sp³-hybridized carbons (Fsp3) is 0.278. The number of esters is 2. The molecule has 0 fully saturated rings. The number of amides is 3. The second-order valence-corrected chi connectivity index (χ2v) is 5.45. The van der Waals surface area contributed by atoms with Gasteiger partial charge < -0.3 is 9.47 Å². The van der Waals surface area contributed by atoms with Crippen molar-refractivity contribution in [2.24, 2.45) is 0 Å². The van der Waals surface area contributed by atoms with Crippen molar-refractivity contribution >= 4 is 29.7 Å². The average molecular weight is 390 g/mol. The summed E-state index contributed by atoms with van der Waals surface area (Å²) in [7, 11) is 0. The van der Waals surface area contributed by atoms with Crippen molar-refractivity contribution in [2.45, 2.75) is 13.8 Å². The minimum absolute atomic E-state index is 0.000145. The molecule has 10 nitrogen and oxygen atoms in total. The third kappa shape index (κ3) is 4.23. The molecule has 28 heavy (non-hydrogen) atoms. The zero-order chi connectivity index (χ0) is 20.8. The standard InChI is InChI=1S/C18H18N2O8/c1-3-27-15(22)9-13(18(25)28-4-2)20(26)14(21)10-19-16(23)11-7-5-6-8-12(11)17(19)24/h5-9,26H,3-4,10H2,1-2H3. The van der Waals surface area contributed by atoms with Gasteiger partial charge in [0.1, 0.15) is 6.54 Å². The van der Waals surface area contributed by atoms with Crippen molar-refractivity contribution in [3.63, 3.8) is 0 Å². The number of fused-ring (bicyclic) bond motifs is 1. The molecule has 1 aliphatic rings. The molecule has 148 valence electrons. The average Bonchev–Trinajstić information content (AvgIpc) is 2.91. The molecule has 1 aromatic carbocycles. The van der Waals surface area contributed by atoms with Crippen molar-refractivity contribution in [2.75, 3.05) is 19.8 Å². The summed E-state index contributed by atoms with van der Waals surface area (Å²) in [6.45, 7) is 2.09. The number of nitrogens with zero attached hydrogens (tertiary/aromatic N) is 2. The number of imide groups is 1. The molecule has 0 spiro atoms. The van der Waals surface area contributed by atoms with E-state index in [1.54, 1.807) is 12.1 Å². The first kappa shape index (κ1) is 20.8. The molecule has 0 aromatic heterocycles. The Morgan fingerprint density at radius 2 is 1.57 bits per heavy atom. The molecule has 2 rings (SSSR count). The van der Waals surface area contributed by atoms with E-state index in [9.17, 15) is 29.2 Å². The predicted molar refractivity (Wildman–Crippen MR) is 91.8 cm³/mol. The van der Waals surface area contributed by atoms with Crippen LogP contribution in [0, 0.1) is 0 Å². The van der Waals surface area contributed by atoms with Gasteiger partial charge in [-0.1, -0.05) is 12.1 Å². The topological polar surface area (TPSA) is 131 Å². The molecule has 3 amide bonds. The Labute approximate surface area is 159 Å². The van der Waals surface area contributed by atoms with E-state index >= 15 is 0 Å². The van der Waals surface area contributed by atoms with Gasteiger partial charge in [0.15, 0.2) is 5.70 Å². The van der Waals surface area contributed by atoms with E-state index in [1.807, 2.05) is 0 Å². The van der Waals surface area contributed by atoms with Crippen molar-refractivity contribution < 1.29 is 38.7 Å². The van der Waals surface area contributed by atoms with E-state index in [0.717, 1.165) is 0 Å². The van der Waals surface area contributed by atoms with Crippen LogP contribution in [0.4, 0.5) is 0 Å². The Morgan fingerprint density at radius 1 is 1.04 bits per heavy atom. The zero-order valence-electron chi connectivity index (χ0n) is 15.2. The van der Waals surface area contributed by atoms with Crippen molar-refractivity contribution in [3.8, 4) is 0 Å². The molecule has 0 radical (unpaired) electrons. The molecule has 1 aromatic rings. The number of hydroxylamine groups is 2. The summed E-state index contributed by atoms with van der Waals surface area (Å²) in [5.41, 5.74) is -0.558. The molecule has 0 aliphatic carbocycles. The lowest BCUT2D eigenvalue weighted by molar-refractivity contribution is -0.166. The van der Waals surface area contributed by atoms with Gasteiger partial charge >= 0.3 is 11.9 Å². The van der Waals surface area contributed by atoms with Gasteiger partial charge in [-0.15, -0.1) is 0 Å². The first-order valence-electron chi connectivity index (χ1n) is 8.34. The highest BCUT2D eigenvalue weighted by Crippen LogP contribution is 2.22. The quantitative estimate of drug-likeness (QED) is 0.234. The summed E-state index contributed by atoms with van der Waals surface area (Å²) in [5.74, 6) is -4.77. The van der Waals surface area contributed by atoms with Crippen LogP contribution < -0.4 is 0 Å². The van der Waals surface area contributed by atoms with Gasteiger partial charge in [0, 0.05) is 0 Å². The molecule has 0 bridgehead atoms. The summed E-state index contributed by atoms with van der Waals surface area (Å²) in [4.78, 5) is 61.2. The molecule has 0 saturated heterocycles. The molecule has 0 unspecified atom stereocenters. The monoisotopic (exact) mass is 390 g/mol. The zero-order valence-corrected chi connectivity index (χ0v) is 15.2. The summed E-state index contributed by atoms with van der Waals surface area (Å²) >= 11 is 0. The fourth-order valence-corrected chi connectivity index (χ4v) is 2.43. The van der Waals surface area contributed by atoms with Gasteiger partial charge in [0.2, 0.25) is 0 Å². The van der Waals surface area contributed by atoms with Gasteiger partial charge in [-0.05, 0) is 26.0 Å². The summed E-state index contributed by atoms with van der Waals surface area (Å²) < 4.78 is 9.35. The third-order valence-electron chi connectivity index (χ3n) is 3.66. The number of carbonyl (C=O) groups excluding carboxylic acids is 5. The van der Waals surface area contributed by atoms with Crippen LogP contribution in [0.2, 0.25) is 0 Å². The molecule has 1 aliphatic heterocycles. The van der Waals surface area contributed by atoms with Gasteiger partial charge in [-0.25, -0.2) is 9.59 Å². The Bertz CT molecular complexity index is 826. The van der Waals surface area contributed by atoms with Crippen LogP contribution >= 0.6 is 0 Å².